The molecule has 1 N–H and O–H groups in total. The van der Waals surface area contributed by atoms with Crippen molar-refractivity contribution in [2.45, 2.75) is 20.8 Å². The van der Waals surface area contributed by atoms with E-state index in [4.69, 9.17) is 4.74 Å². The van der Waals surface area contributed by atoms with Gasteiger partial charge in [0.05, 0.1) is 6.61 Å². The molecule has 2 heterocycles. The quantitative estimate of drug-likeness (QED) is 0.615. The fourth-order valence-electron chi connectivity index (χ4n) is 2.82. The van der Waals surface area contributed by atoms with Crippen LogP contribution in [0.5, 0.6) is 0 Å². The molecule has 1 amide bonds. The minimum Gasteiger partial charge on any atom is -0.462 e. The van der Waals surface area contributed by atoms with Crippen molar-refractivity contribution in [1.82, 2.24) is 4.98 Å². The fourth-order valence-corrected chi connectivity index (χ4v) is 3.77. The molecule has 1 aromatic carbocycles. The molecule has 0 aliphatic rings. The Hall–Kier alpha value is -3.06. The first-order chi connectivity index (χ1) is 13.4. The highest BCUT2D eigenvalue weighted by Crippen LogP contribution is 2.36. The lowest BCUT2D eigenvalue weighted by Gasteiger charge is -2.09. The molecular formula is C21H19FN2O3S. The number of pyridine rings is 1. The van der Waals surface area contributed by atoms with Gasteiger partial charge >= 0.3 is 5.97 Å². The predicted octanol–water partition coefficient (Wildman–Crippen LogP) is 5.00. The normalized spacial score (nSPS) is 10.6. The van der Waals surface area contributed by atoms with Crippen LogP contribution < -0.4 is 5.32 Å². The number of amides is 1. The van der Waals surface area contributed by atoms with Crippen LogP contribution in [0.15, 0.2) is 41.8 Å². The standard InChI is InChI=1S/C21H19FN2O3S/c1-4-27-21(26)18-16(14-5-7-15(22)8-6-14)11-28-20(18)24-19(25)17-10-12(2)9-13(3)23-17/h5-11H,4H2,1-3H3,(H,24,25). The second-order valence-electron chi connectivity index (χ2n) is 6.21. The van der Waals surface area contributed by atoms with E-state index >= 15 is 0 Å². The second-order valence-corrected chi connectivity index (χ2v) is 7.09. The van der Waals surface area contributed by atoms with Crippen LogP contribution in [-0.2, 0) is 4.74 Å². The van der Waals surface area contributed by atoms with Crippen LogP contribution in [0.4, 0.5) is 9.39 Å². The number of benzene rings is 1. The van der Waals surface area contributed by atoms with Gasteiger partial charge in [0, 0.05) is 16.6 Å². The average Bonchev–Trinajstić information content (AvgIpc) is 3.05. The molecule has 0 radical (unpaired) electrons. The van der Waals surface area contributed by atoms with Gasteiger partial charge in [-0.1, -0.05) is 12.1 Å². The molecule has 5 nitrogen and oxygen atoms in total. The summed E-state index contributed by atoms with van der Waals surface area (Å²) >= 11 is 1.21. The zero-order valence-electron chi connectivity index (χ0n) is 15.7. The first kappa shape index (κ1) is 19.7. The molecule has 144 valence electrons. The number of nitrogens with one attached hydrogen (secondary N) is 1. The van der Waals surface area contributed by atoms with Crippen molar-refractivity contribution in [3.8, 4) is 11.1 Å². The zero-order chi connectivity index (χ0) is 20.3. The van der Waals surface area contributed by atoms with E-state index in [1.54, 1.807) is 30.5 Å². The van der Waals surface area contributed by atoms with Gasteiger partial charge in [-0.15, -0.1) is 11.3 Å². The monoisotopic (exact) mass is 398 g/mol. The maximum absolute atomic E-state index is 13.3. The van der Waals surface area contributed by atoms with E-state index in [-0.39, 0.29) is 23.7 Å². The van der Waals surface area contributed by atoms with Gasteiger partial charge in [0.15, 0.2) is 0 Å². The first-order valence-electron chi connectivity index (χ1n) is 8.70. The van der Waals surface area contributed by atoms with Crippen molar-refractivity contribution in [2.24, 2.45) is 0 Å². The van der Waals surface area contributed by atoms with Crippen molar-refractivity contribution in [3.05, 3.63) is 70.1 Å². The molecule has 0 aliphatic heterocycles. The molecule has 3 aromatic rings. The summed E-state index contributed by atoms with van der Waals surface area (Å²) in [7, 11) is 0. The summed E-state index contributed by atoms with van der Waals surface area (Å²) in [5.74, 6) is -1.33. The summed E-state index contributed by atoms with van der Waals surface area (Å²) in [5.41, 5.74) is 3.40. The molecule has 0 bridgehead atoms. The number of aromatic nitrogens is 1. The highest BCUT2D eigenvalue weighted by atomic mass is 32.1. The first-order valence-corrected chi connectivity index (χ1v) is 9.58. The molecule has 7 heteroatoms. The van der Waals surface area contributed by atoms with E-state index in [1.165, 1.54) is 23.5 Å². The minimum absolute atomic E-state index is 0.198. The van der Waals surface area contributed by atoms with Gasteiger partial charge in [-0.05, 0) is 56.2 Å². The topological polar surface area (TPSA) is 68.3 Å². The number of esters is 1. The molecule has 3 rings (SSSR count). The SMILES string of the molecule is CCOC(=O)c1c(-c2ccc(F)cc2)csc1NC(=O)c1cc(C)cc(C)n1. The maximum atomic E-state index is 13.3. The van der Waals surface area contributed by atoms with Gasteiger partial charge in [-0.25, -0.2) is 14.2 Å². The van der Waals surface area contributed by atoms with Gasteiger partial charge in [-0.3, -0.25) is 4.79 Å². The van der Waals surface area contributed by atoms with Crippen LogP contribution in [0, 0.1) is 19.7 Å². The number of carbonyl (C=O) groups excluding carboxylic acids is 2. The lowest BCUT2D eigenvalue weighted by Crippen LogP contribution is -2.16. The molecule has 28 heavy (non-hydrogen) atoms. The Balaban J connectivity index is 1.99. The molecule has 0 fully saturated rings. The lowest BCUT2D eigenvalue weighted by atomic mass is 10.0. The van der Waals surface area contributed by atoms with Crippen molar-refractivity contribution >= 4 is 28.2 Å². The van der Waals surface area contributed by atoms with Gasteiger partial charge in [-0.2, -0.15) is 0 Å². The number of hydrogen-bond donors (Lipinski definition) is 1. The summed E-state index contributed by atoms with van der Waals surface area (Å²) in [5, 5.41) is 4.87. The molecule has 0 spiro atoms. The van der Waals surface area contributed by atoms with E-state index in [2.05, 4.69) is 10.3 Å². The van der Waals surface area contributed by atoms with Crippen molar-refractivity contribution in [2.75, 3.05) is 11.9 Å². The number of aryl methyl sites for hydroxylation is 2. The number of thiophene rings is 1. The number of nitrogens with zero attached hydrogens (tertiary/aromatic N) is 1. The Morgan fingerprint density at radius 3 is 2.54 bits per heavy atom. The highest BCUT2D eigenvalue weighted by Gasteiger charge is 2.23. The number of halogens is 1. The van der Waals surface area contributed by atoms with Gasteiger partial charge < -0.3 is 10.1 Å². The molecular weight excluding hydrogens is 379 g/mol. The van der Waals surface area contributed by atoms with E-state index in [0.717, 1.165) is 11.3 Å². The van der Waals surface area contributed by atoms with E-state index < -0.39 is 11.9 Å². The molecule has 0 unspecified atom stereocenters. The van der Waals surface area contributed by atoms with Crippen LogP contribution in [0.1, 0.15) is 39.0 Å². The third-order valence-electron chi connectivity index (χ3n) is 3.98. The maximum Gasteiger partial charge on any atom is 0.341 e. The smallest absolute Gasteiger partial charge is 0.341 e. The molecule has 0 atom stereocenters. The van der Waals surface area contributed by atoms with Crippen LogP contribution >= 0.6 is 11.3 Å². The Morgan fingerprint density at radius 1 is 1.18 bits per heavy atom. The second kappa shape index (κ2) is 8.31. The number of hydrogen-bond acceptors (Lipinski definition) is 5. The Kier molecular flexibility index (Phi) is 5.84. The Labute approximate surface area is 166 Å². The highest BCUT2D eigenvalue weighted by molar-refractivity contribution is 7.15. The third-order valence-corrected chi connectivity index (χ3v) is 4.88. The van der Waals surface area contributed by atoms with Crippen molar-refractivity contribution in [1.29, 1.82) is 0 Å². The largest absolute Gasteiger partial charge is 0.462 e. The summed E-state index contributed by atoms with van der Waals surface area (Å²) in [6, 6.07) is 9.35. The van der Waals surface area contributed by atoms with Gasteiger partial charge in [0.2, 0.25) is 0 Å². The number of carbonyl (C=O) groups is 2. The minimum atomic E-state index is -0.549. The van der Waals surface area contributed by atoms with E-state index in [1.807, 2.05) is 19.9 Å². The molecule has 2 aromatic heterocycles. The lowest BCUT2D eigenvalue weighted by molar-refractivity contribution is 0.0529. The Morgan fingerprint density at radius 2 is 1.89 bits per heavy atom. The zero-order valence-corrected chi connectivity index (χ0v) is 16.5. The third kappa shape index (κ3) is 4.26. The number of ether oxygens (including phenoxy) is 1. The summed E-state index contributed by atoms with van der Waals surface area (Å²) in [6.07, 6.45) is 0. The summed E-state index contributed by atoms with van der Waals surface area (Å²) < 4.78 is 18.4. The van der Waals surface area contributed by atoms with Crippen LogP contribution in [0.3, 0.4) is 0 Å². The van der Waals surface area contributed by atoms with Crippen LogP contribution in [0.25, 0.3) is 11.1 Å². The van der Waals surface area contributed by atoms with Gasteiger partial charge in [0.25, 0.3) is 5.91 Å². The number of anilines is 1. The summed E-state index contributed by atoms with van der Waals surface area (Å²) in [4.78, 5) is 29.5. The molecule has 0 saturated heterocycles. The summed E-state index contributed by atoms with van der Waals surface area (Å²) in [6.45, 7) is 5.60. The van der Waals surface area contributed by atoms with E-state index in [9.17, 15) is 14.0 Å². The van der Waals surface area contributed by atoms with E-state index in [0.29, 0.717) is 16.1 Å². The predicted molar refractivity (Wildman–Crippen MR) is 107 cm³/mol. The van der Waals surface area contributed by atoms with Gasteiger partial charge in [0.1, 0.15) is 22.1 Å². The number of rotatable bonds is 5. The molecule has 0 saturated carbocycles. The van der Waals surface area contributed by atoms with Crippen LogP contribution in [-0.4, -0.2) is 23.5 Å². The fraction of sp³-hybridized carbons (Fsp3) is 0.190. The van der Waals surface area contributed by atoms with Crippen LogP contribution in [0.2, 0.25) is 0 Å². The van der Waals surface area contributed by atoms with Crippen molar-refractivity contribution in [3.63, 3.8) is 0 Å². The Bertz CT molecular complexity index is 1010. The molecule has 0 aliphatic carbocycles. The van der Waals surface area contributed by atoms with Crippen molar-refractivity contribution < 1.29 is 18.7 Å². The average molecular weight is 398 g/mol.